The van der Waals surface area contributed by atoms with Gasteiger partial charge in [0.25, 0.3) is 5.91 Å². The Kier molecular flexibility index (Phi) is 6.32. The number of anilines is 1. The molecule has 0 spiro atoms. The Balaban J connectivity index is 1.63. The largest absolute Gasteiger partial charge is 0.356 e. The highest BCUT2D eigenvalue weighted by Crippen LogP contribution is 2.28. The zero-order valence-electron chi connectivity index (χ0n) is 17.3. The zero-order chi connectivity index (χ0) is 20.8. The van der Waals surface area contributed by atoms with E-state index in [4.69, 9.17) is 4.98 Å². The molecule has 154 valence electrons. The molecule has 0 atom stereocenters. The third-order valence-corrected chi connectivity index (χ3v) is 5.68. The van der Waals surface area contributed by atoms with Crippen LogP contribution in [0.25, 0.3) is 11.4 Å². The SMILES string of the molecule is CN(c1nc(-c2ccccc2)ncc1C(=O)NCc1cccnc1)C1CCCCC1. The first kappa shape index (κ1) is 20.0. The number of amides is 1. The van der Waals surface area contributed by atoms with Gasteiger partial charge in [-0.1, -0.05) is 55.7 Å². The number of hydrogen-bond donors (Lipinski definition) is 1. The number of carbonyl (C=O) groups excluding carboxylic acids is 1. The van der Waals surface area contributed by atoms with Gasteiger partial charge >= 0.3 is 0 Å². The van der Waals surface area contributed by atoms with Crippen molar-refractivity contribution in [1.82, 2.24) is 20.3 Å². The van der Waals surface area contributed by atoms with Gasteiger partial charge in [0, 0.05) is 43.8 Å². The molecule has 1 aliphatic rings. The van der Waals surface area contributed by atoms with Gasteiger partial charge in [-0.3, -0.25) is 9.78 Å². The minimum Gasteiger partial charge on any atom is -0.356 e. The van der Waals surface area contributed by atoms with Gasteiger partial charge in [0.05, 0.1) is 0 Å². The van der Waals surface area contributed by atoms with Crippen molar-refractivity contribution in [2.75, 3.05) is 11.9 Å². The predicted molar refractivity (Wildman–Crippen MR) is 118 cm³/mol. The average molecular weight is 402 g/mol. The van der Waals surface area contributed by atoms with Crippen LogP contribution in [0.4, 0.5) is 5.82 Å². The van der Waals surface area contributed by atoms with E-state index in [9.17, 15) is 4.79 Å². The van der Waals surface area contributed by atoms with Crippen LogP contribution in [0.15, 0.2) is 61.1 Å². The lowest BCUT2D eigenvalue weighted by molar-refractivity contribution is 0.0950. The number of nitrogens with zero attached hydrogens (tertiary/aromatic N) is 4. The molecule has 4 rings (SSSR count). The van der Waals surface area contributed by atoms with Crippen molar-refractivity contribution in [3.05, 3.63) is 72.2 Å². The van der Waals surface area contributed by atoms with Gasteiger partial charge in [0.2, 0.25) is 0 Å². The summed E-state index contributed by atoms with van der Waals surface area (Å²) < 4.78 is 0. The van der Waals surface area contributed by atoms with E-state index in [2.05, 4.69) is 20.2 Å². The van der Waals surface area contributed by atoms with Gasteiger partial charge in [0.1, 0.15) is 11.4 Å². The van der Waals surface area contributed by atoms with Crippen molar-refractivity contribution < 1.29 is 4.79 Å². The Hall–Kier alpha value is -3.28. The maximum atomic E-state index is 13.0. The van der Waals surface area contributed by atoms with Crippen molar-refractivity contribution in [1.29, 1.82) is 0 Å². The summed E-state index contributed by atoms with van der Waals surface area (Å²) >= 11 is 0. The van der Waals surface area contributed by atoms with Crippen LogP contribution >= 0.6 is 0 Å². The lowest BCUT2D eigenvalue weighted by Gasteiger charge is -2.33. The van der Waals surface area contributed by atoms with E-state index in [0.29, 0.717) is 29.8 Å². The van der Waals surface area contributed by atoms with Crippen LogP contribution in [0.5, 0.6) is 0 Å². The van der Waals surface area contributed by atoms with Crippen LogP contribution in [-0.4, -0.2) is 33.9 Å². The molecule has 1 fully saturated rings. The summed E-state index contributed by atoms with van der Waals surface area (Å²) in [5.41, 5.74) is 2.40. The van der Waals surface area contributed by atoms with Gasteiger partial charge in [-0.15, -0.1) is 0 Å². The van der Waals surface area contributed by atoms with Gasteiger partial charge < -0.3 is 10.2 Å². The lowest BCUT2D eigenvalue weighted by Crippen LogP contribution is -2.36. The maximum absolute atomic E-state index is 13.0. The van der Waals surface area contributed by atoms with Crippen molar-refractivity contribution in [2.45, 2.75) is 44.7 Å². The predicted octanol–water partition coefficient (Wildman–Crippen LogP) is 4.24. The monoisotopic (exact) mass is 401 g/mol. The molecule has 1 N–H and O–H groups in total. The molecule has 0 unspecified atom stereocenters. The Labute approximate surface area is 177 Å². The summed E-state index contributed by atoms with van der Waals surface area (Å²) in [6, 6.07) is 14.1. The molecule has 30 heavy (non-hydrogen) atoms. The van der Waals surface area contributed by atoms with E-state index in [0.717, 1.165) is 24.0 Å². The van der Waals surface area contributed by atoms with Crippen molar-refractivity contribution in [3.8, 4) is 11.4 Å². The minimum absolute atomic E-state index is 0.170. The van der Waals surface area contributed by atoms with Gasteiger partial charge in [0.15, 0.2) is 5.82 Å². The van der Waals surface area contributed by atoms with Crippen LogP contribution in [-0.2, 0) is 6.54 Å². The summed E-state index contributed by atoms with van der Waals surface area (Å²) in [5, 5.41) is 2.99. The molecule has 2 aromatic heterocycles. The zero-order valence-corrected chi connectivity index (χ0v) is 17.3. The Morgan fingerprint density at radius 3 is 2.60 bits per heavy atom. The van der Waals surface area contributed by atoms with E-state index in [1.54, 1.807) is 18.6 Å². The summed E-state index contributed by atoms with van der Waals surface area (Å²) in [6.07, 6.45) is 11.1. The highest BCUT2D eigenvalue weighted by molar-refractivity contribution is 5.98. The first-order chi connectivity index (χ1) is 14.7. The van der Waals surface area contributed by atoms with Crippen LogP contribution in [0.3, 0.4) is 0 Å². The van der Waals surface area contributed by atoms with Crippen LogP contribution < -0.4 is 10.2 Å². The molecular formula is C24H27N5O. The van der Waals surface area contributed by atoms with Crippen molar-refractivity contribution in [3.63, 3.8) is 0 Å². The highest BCUT2D eigenvalue weighted by Gasteiger charge is 2.24. The molecule has 6 heteroatoms. The summed E-state index contributed by atoms with van der Waals surface area (Å²) in [7, 11) is 2.05. The molecule has 1 saturated carbocycles. The van der Waals surface area contributed by atoms with Gasteiger partial charge in [-0.2, -0.15) is 0 Å². The molecule has 1 amide bonds. The average Bonchev–Trinajstić information content (AvgIpc) is 2.83. The number of benzene rings is 1. The number of rotatable bonds is 6. The third-order valence-electron chi connectivity index (χ3n) is 5.68. The Bertz CT molecular complexity index is 971. The molecule has 0 aliphatic heterocycles. The second-order valence-electron chi connectivity index (χ2n) is 7.74. The fourth-order valence-corrected chi connectivity index (χ4v) is 3.95. The van der Waals surface area contributed by atoms with Crippen molar-refractivity contribution >= 4 is 11.7 Å². The van der Waals surface area contributed by atoms with Gasteiger partial charge in [-0.05, 0) is 24.5 Å². The molecule has 3 aromatic rings. The first-order valence-corrected chi connectivity index (χ1v) is 10.5. The number of nitrogens with one attached hydrogen (secondary N) is 1. The first-order valence-electron chi connectivity index (χ1n) is 10.5. The number of hydrogen-bond acceptors (Lipinski definition) is 5. The normalized spacial score (nSPS) is 14.3. The standard InChI is InChI=1S/C24H27N5O/c1-29(20-12-6-3-7-13-20)23-21(24(30)27-16-18-9-8-14-25-15-18)17-26-22(28-23)19-10-4-2-5-11-19/h2,4-5,8-11,14-15,17,20H,3,6-7,12-13,16H2,1H3,(H,27,30). The van der Waals surface area contributed by atoms with Crippen LogP contribution in [0.1, 0.15) is 48.0 Å². The minimum atomic E-state index is -0.170. The van der Waals surface area contributed by atoms with Crippen LogP contribution in [0.2, 0.25) is 0 Å². The quantitative estimate of drug-likeness (QED) is 0.669. The van der Waals surface area contributed by atoms with E-state index >= 15 is 0 Å². The number of aromatic nitrogens is 3. The van der Waals surface area contributed by atoms with Gasteiger partial charge in [-0.25, -0.2) is 9.97 Å². The molecular weight excluding hydrogens is 374 g/mol. The molecule has 2 heterocycles. The van der Waals surface area contributed by atoms with E-state index in [1.807, 2.05) is 49.5 Å². The van der Waals surface area contributed by atoms with E-state index < -0.39 is 0 Å². The molecule has 1 aromatic carbocycles. The fourth-order valence-electron chi connectivity index (χ4n) is 3.95. The molecule has 0 bridgehead atoms. The van der Waals surface area contributed by atoms with E-state index in [-0.39, 0.29) is 5.91 Å². The maximum Gasteiger partial charge on any atom is 0.256 e. The Morgan fingerprint density at radius 1 is 1.07 bits per heavy atom. The van der Waals surface area contributed by atoms with E-state index in [1.165, 1.54) is 19.3 Å². The number of carbonyl (C=O) groups is 1. The molecule has 0 saturated heterocycles. The summed E-state index contributed by atoms with van der Waals surface area (Å²) in [6.45, 7) is 0.416. The fraction of sp³-hybridized carbons (Fsp3) is 0.333. The Morgan fingerprint density at radius 2 is 1.87 bits per heavy atom. The van der Waals surface area contributed by atoms with Crippen molar-refractivity contribution in [2.24, 2.45) is 0 Å². The highest BCUT2D eigenvalue weighted by atomic mass is 16.1. The third kappa shape index (κ3) is 4.64. The summed E-state index contributed by atoms with van der Waals surface area (Å²) in [5.74, 6) is 1.16. The second-order valence-corrected chi connectivity index (χ2v) is 7.74. The lowest BCUT2D eigenvalue weighted by atomic mass is 9.94. The molecule has 6 nitrogen and oxygen atoms in total. The number of pyridine rings is 1. The molecule has 1 aliphatic carbocycles. The topological polar surface area (TPSA) is 71.0 Å². The second kappa shape index (κ2) is 9.48. The summed E-state index contributed by atoms with van der Waals surface area (Å²) in [4.78, 5) is 28.6. The molecule has 0 radical (unpaired) electrons. The smallest absolute Gasteiger partial charge is 0.256 e. The van der Waals surface area contributed by atoms with Crippen LogP contribution in [0, 0.1) is 0 Å².